The van der Waals surface area contributed by atoms with Gasteiger partial charge in [-0.1, -0.05) is 12.1 Å². The Kier molecular flexibility index (Phi) is 3.80. The summed E-state index contributed by atoms with van der Waals surface area (Å²) in [4.78, 5) is 15.7. The molecule has 0 saturated heterocycles. The zero-order valence-corrected chi connectivity index (χ0v) is 13.2. The predicted octanol–water partition coefficient (Wildman–Crippen LogP) is 1.63. The Hall–Kier alpha value is -2.81. The van der Waals surface area contributed by atoms with Gasteiger partial charge in [0.25, 0.3) is 15.6 Å². The third kappa shape index (κ3) is 2.52. The van der Waals surface area contributed by atoms with Crippen molar-refractivity contribution in [2.45, 2.75) is 4.90 Å². The number of nitrogens with zero attached hydrogens (tertiary/aromatic N) is 3. The number of aromatic nitrogens is 2. The van der Waals surface area contributed by atoms with Gasteiger partial charge >= 0.3 is 0 Å². The summed E-state index contributed by atoms with van der Waals surface area (Å²) in [7, 11) is -3.34. The SMILES string of the molecule is CN(n1cnc2ccccc2c1=O)S(=O)(=O)c1ccc(F)cc1F. The largest absolute Gasteiger partial charge is 0.280 e. The lowest BCUT2D eigenvalue weighted by molar-refractivity contribution is 0.541. The Labute approximate surface area is 135 Å². The minimum absolute atomic E-state index is 0.210. The second kappa shape index (κ2) is 5.68. The summed E-state index contributed by atoms with van der Waals surface area (Å²) in [6.07, 6.45) is 1.03. The molecule has 0 aliphatic rings. The van der Waals surface area contributed by atoms with Crippen LogP contribution in [0.5, 0.6) is 0 Å². The van der Waals surface area contributed by atoms with E-state index in [2.05, 4.69) is 4.98 Å². The summed E-state index contributed by atoms with van der Waals surface area (Å²) in [6, 6.07) is 8.50. The summed E-state index contributed by atoms with van der Waals surface area (Å²) in [5.41, 5.74) is -0.230. The topological polar surface area (TPSA) is 72.3 Å². The summed E-state index contributed by atoms with van der Waals surface area (Å²) in [5, 5.41) is 0.210. The van der Waals surface area contributed by atoms with E-state index in [1.165, 1.54) is 6.07 Å². The van der Waals surface area contributed by atoms with E-state index in [1.54, 1.807) is 18.2 Å². The summed E-state index contributed by atoms with van der Waals surface area (Å²) >= 11 is 0. The van der Waals surface area contributed by atoms with Crippen molar-refractivity contribution in [3.8, 4) is 0 Å². The van der Waals surface area contributed by atoms with Gasteiger partial charge in [0.2, 0.25) is 0 Å². The van der Waals surface area contributed by atoms with E-state index in [0.29, 0.717) is 16.0 Å². The molecule has 9 heteroatoms. The molecule has 3 aromatic rings. The molecule has 0 amide bonds. The van der Waals surface area contributed by atoms with Gasteiger partial charge in [-0.2, -0.15) is 13.1 Å². The third-order valence-corrected chi connectivity index (χ3v) is 5.23. The highest BCUT2D eigenvalue weighted by Crippen LogP contribution is 2.18. The maximum atomic E-state index is 13.8. The number of hydrogen-bond donors (Lipinski definition) is 0. The Morgan fingerprint density at radius 3 is 2.54 bits per heavy atom. The number of halogens is 2. The van der Waals surface area contributed by atoms with Gasteiger partial charge in [-0.25, -0.2) is 18.2 Å². The fraction of sp³-hybridized carbons (Fsp3) is 0.0667. The van der Waals surface area contributed by atoms with Crippen LogP contribution in [-0.2, 0) is 10.0 Å². The lowest BCUT2D eigenvalue weighted by atomic mass is 10.2. The zero-order chi connectivity index (χ0) is 17.5. The predicted molar refractivity (Wildman–Crippen MR) is 83.7 cm³/mol. The molecule has 6 nitrogen and oxygen atoms in total. The van der Waals surface area contributed by atoms with E-state index < -0.39 is 32.1 Å². The molecule has 0 saturated carbocycles. The van der Waals surface area contributed by atoms with Crippen molar-refractivity contribution in [3.05, 3.63) is 70.8 Å². The van der Waals surface area contributed by atoms with Crippen LogP contribution in [0.25, 0.3) is 10.9 Å². The molecule has 0 fully saturated rings. The van der Waals surface area contributed by atoms with Crippen molar-refractivity contribution in [1.29, 1.82) is 0 Å². The molecular weight excluding hydrogens is 340 g/mol. The lowest BCUT2D eigenvalue weighted by Gasteiger charge is -2.21. The van der Waals surface area contributed by atoms with E-state index in [-0.39, 0.29) is 5.39 Å². The maximum Gasteiger partial charge on any atom is 0.280 e. The Balaban J connectivity index is 2.16. The van der Waals surface area contributed by atoms with Gasteiger partial charge < -0.3 is 0 Å². The molecule has 124 valence electrons. The highest BCUT2D eigenvalue weighted by Gasteiger charge is 2.26. The number of para-hydroxylation sites is 1. The second-order valence-corrected chi connectivity index (χ2v) is 6.84. The first kappa shape index (κ1) is 16.1. The quantitative estimate of drug-likeness (QED) is 0.719. The van der Waals surface area contributed by atoms with E-state index >= 15 is 0 Å². The van der Waals surface area contributed by atoms with Crippen LogP contribution in [0.3, 0.4) is 0 Å². The van der Waals surface area contributed by atoms with Crippen molar-refractivity contribution in [2.24, 2.45) is 0 Å². The standard InChI is InChI=1S/C15H11F2N3O3S/c1-19(24(22,23)14-7-6-10(16)8-12(14)17)20-9-18-13-5-3-2-4-11(13)15(20)21/h2-9H,1H3. The first-order chi connectivity index (χ1) is 11.3. The second-order valence-electron chi connectivity index (χ2n) is 4.93. The molecule has 0 radical (unpaired) electrons. The average molecular weight is 351 g/mol. The van der Waals surface area contributed by atoms with Gasteiger partial charge in [0, 0.05) is 13.1 Å². The number of sulfonamides is 1. The summed E-state index contributed by atoms with van der Waals surface area (Å²) < 4.78 is 53.2. The molecule has 3 rings (SSSR count). The van der Waals surface area contributed by atoms with Crippen LogP contribution in [-0.4, -0.2) is 25.1 Å². The molecule has 1 heterocycles. The van der Waals surface area contributed by atoms with E-state index in [0.717, 1.165) is 30.2 Å². The van der Waals surface area contributed by atoms with Gasteiger partial charge in [-0.3, -0.25) is 4.79 Å². The van der Waals surface area contributed by atoms with Crippen molar-refractivity contribution in [2.75, 3.05) is 11.5 Å². The van der Waals surface area contributed by atoms with Gasteiger partial charge in [-0.05, 0) is 24.3 Å². The molecule has 0 spiro atoms. The van der Waals surface area contributed by atoms with Crippen LogP contribution < -0.4 is 9.97 Å². The molecule has 0 aliphatic heterocycles. The molecule has 0 atom stereocenters. The molecule has 0 unspecified atom stereocenters. The Morgan fingerprint density at radius 1 is 1.12 bits per heavy atom. The van der Waals surface area contributed by atoms with Gasteiger partial charge in [0.15, 0.2) is 0 Å². The van der Waals surface area contributed by atoms with Crippen molar-refractivity contribution < 1.29 is 17.2 Å². The Bertz CT molecular complexity index is 1100. The fourth-order valence-corrected chi connectivity index (χ4v) is 3.38. The first-order valence-electron chi connectivity index (χ1n) is 6.73. The molecule has 0 N–H and O–H groups in total. The maximum absolute atomic E-state index is 13.8. The van der Waals surface area contributed by atoms with Crippen molar-refractivity contribution in [3.63, 3.8) is 0 Å². The molecule has 2 aromatic carbocycles. The smallest absolute Gasteiger partial charge is 0.267 e. The van der Waals surface area contributed by atoms with E-state index in [9.17, 15) is 22.0 Å². The van der Waals surface area contributed by atoms with Gasteiger partial charge in [0.1, 0.15) is 22.9 Å². The fourth-order valence-electron chi connectivity index (χ4n) is 2.20. The highest BCUT2D eigenvalue weighted by molar-refractivity contribution is 7.92. The van der Waals surface area contributed by atoms with Crippen molar-refractivity contribution >= 4 is 20.9 Å². The van der Waals surface area contributed by atoms with Gasteiger partial charge in [0.05, 0.1) is 10.9 Å². The van der Waals surface area contributed by atoms with Crippen LogP contribution in [0.2, 0.25) is 0 Å². The van der Waals surface area contributed by atoms with Crippen LogP contribution in [0, 0.1) is 11.6 Å². The van der Waals surface area contributed by atoms with Crippen LogP contribution in [0.4, 0.5) is 8.78 Å². The van der Waals surface area contributed by atoms with Crippen LogP contribution in [0.1, 0.15) is 0 Å². The van der Waals surface area contributed by atoms with Crippen LogP contribution >= 0.6 is 0 Å². The molecule has 1 aromatic heterocycles. The third-order valence-electron chi connectivity index (χ3n) is 3.47. The molecular formula is C15H11F2N3O3S. The summed E-state index contributed by atoms with van der Waals surface area (Å²) in [6.45, 7) is 0. The number of benzene rings is 2. The first-order valence-corrected chi connectivity index (χ1v) is 8.17. The monoisotopic (exact) mass is 351 g/mol. The van der Waals surface area contributed by atoms with E-state index in [1.807, 2.05) is 0 Å². The van der Waals surface area contributed by atoms with Crippen molar-refractivity contribution in [1.82, 2.24) is 9.66 Å². The number of fused-ring (bicyclic) bond motifs is 1. The lowest BCUT2D eigenvalue weighted by Crippen LogP contribution is -2.43. The molecule has 24 heavy (non-hydrogen) atoms. The average Bonchev–Trinajstić information content (AvgIpc) is 2.54. The minimum Gasteiger partial charge on any atom is -0.267 e. The number of rotatable bonds is 3. The Morgan fingerprint density at radius 2 is 1.83 bits per heavy atom. The normalized spacial score (nSPS) is 11.6. The number of hydrogen-bond acceptors (Lipinski definition) is 4. The molecule has 0 bridgehead atoms. The van der Waals surface area contributed by atoms with Crippen LogP contribution in [0.15, 0.2) is 58.5 Å². The van der Waals surface area contributed by atoms with E-state index in [4.69, 9.17) is 0 Å². The summed E-state index contributed by atoms with van der Waals surface area (Å²) in [5.74, 6) is -2.15. The highest BCUT2D eigenvalue weighted by atomic mass is 32.2. The minimum atomic E-state index is -4.42. The molecule has 0 aliphatic carbocycles. The van der Waals surface area contributed by atoms with Gasteiger partial charge in [-0.15, -0.1) is 0 Å². The zero-order valence-electron chi connectivity index (χ0n) is 12.3.